The molecular formula is C48H28CuN4O8-2. The maximum Gasteiger partial charge on any atom is 0.335 e. The van der Waals surface area contributed by atoms with Crippen molar-refractivity contribution in [1.82, 2.24) is 19.9 Å². The largest absolute Gasteiger partial charge is 0.657 e. The van der Waals surface area contributed by atoms with E-state index in [2.05, 4.69) is 0 Å². The van der Waals surface area contributed by atoms with Gasteiger partial charge in [0.1, 0.15) is 0 Å². The minimum atomic E-state index is -1.07. The molecule has 0 unspecified atom stereocenters. The number of hydrogen-bond donors (Lipinski definition) is 4. The van der Waals surface area contributed by atoms with Crippen molar-refractivity contribution < 1.29 is 56.7 Å². The minimum Gasteiger partial charge on any atom is -0.657 e. The molecule has 0 saturated carbocycles. The van der Waals surface area contributed by atoms with Crippen molar-refractivity contribution in [2.75, 3.05) is 0 Å². The molecule has 12 nitrogen and oxygen atoms in total. The van der Waals surface area contributed by atoms with Crippen LogP contribution in [0.5, 0.6) is 0 Å². The third kappa shape index (κ3) is 7.42. The van der Waals surface area contributed by atoms with Gasteiger partial charge in [-0.15, -0.1) is 22.1 Å². The zero-order valence-corrected chi connectivity index (χ0v) is 32.3. The molecule has 8 bridgehead atoms. The molecule has 0 fully saturated rings. The van der Waals surface area contributed by atoms with Crippen LogP contribution in [0.3, 0.4) is 0 Å². The van der Waals surface area contributed by atoms with Crippen LogP contribution in [-0.4, -0.2) is 54.3 Å². The van der Waals surface area contributed by atoms with Crippen LogP contribution in [0.4, 0.5) is 0 Å². The second-order valence-electron chi connectivity index (χ2n) is 13.9. The Bertz CT molecular complexity index is 2760. The minimum absolute atomic E-state index is 0. The van der Waals surface area contributed by atoms with E-state index in [-0.39, 0.29) is 39.3 Å². The summed E-state index contributed by atoms with van der Waals surface area (Å²) >= 11 is 0. The number of benzene rings is 4. The molecule has 13 heteroatoms. The summed E-state index contributed by atoms with van der Waals surface area (Å²) in [6.07, 6.45) is 7.33. The number of aromatic nitrogens is 4. The van der Waals surface area contributed by atoms with Crippen molar-refractivity contribution in [3.8, 4) is 44.5 Å². The number of nitrogens with zero attached hydrogens (tertiary/aromatic N) is 4. The molecule has 0 amide bonds. The van der Waals surface area contributed by atoms with Gasteiger partial charge in [-0.2, -0.15) is 0 Å². The summed E-state index contributed by atoms with van der Waals surface area (Å²) in [5, 5.41) is 38.7. The van der Waals surface area contributed by atoms with Crippen molar-refractivity contribution in [2.45, 2.75) is 0 Å². The zero-order valence-electron chi connectivity index (χ0n) is 31.4. The summed E-state index contributed by atoms with van der Waals surface area (Å²) in [7, 11) is 0. The number of aromatic carboxylic acids is 4. The summed E-state index contributed by atoms with van der Waals surface area (Å²) < 4.78 is 0. The number of carbonyl (C=O) groups is 4. The molecular weight excluding hydrogens is 824 g/mol. The van der Waals surface area contributed by atoms with Gasteiger partial charge < -0.3 is 30.4 Å². The topological polar surface area (TPSA) is 203 Å². The maximum atomic E-state index is 11.8. The molecule has 4 aromatic carbocycles. The third-order valence-corrected chi connectivity index (χ3v) is 10.3. The fourth-order valence-electron chi connectivity index (χ4n) is 7.39. The molecule has 5 heterocycles. The van der Waals surface area contributed by atoms with E-state index in [1.54, 1.807) is 48.5 Å². The van der Waals surface area contributed by atoms with Gasteiger partial charge in [-0.3, -0.25) is 0 Å². The van der Waals surface area contributed by atoms with Crippen LogP contribution < -0.4 is 9.97 Å². The number of carboxylic acids is 4. The van der Waals surface area contributed by atoms with Gasteiger partial charge in [-0.05, 0) is 117 Å². The van der Waals surface area contributed by atoms with Gasteiger partial charge in [0.15, 0.2) is 0 Å². The quantitative estimate of drug-likeness (QED) is 0.106. The second-order valence-corrected chi connectivity index (χ2v) is 13.9. The maximum absolute atomic E-state index is 11.8. The Morgan fingerprint density at radius 3 is 0.705 bits per heavy atom. The van der Waals surface area contributed by atoms with Gasteiger partial charge >= 0.3 is 23.9 Å². The van der Waals surface area contributed by atoms with Crippen LogP contribution in [0.1, 0.15) is 64.2 Å². The van der Waals surface area contributed by atoms with E-state index in [9.17, 15) is 39.6 Å². The summed E-state index contributed by atoms with van der Waals surface area (Å²) in [6.45, 7) is 0. The van der Waals surface area contributed by atoms with E-state index < -0.39 is 23.9 Å². The molecule has 0 aliphatic carbocycles. The van der Waals surface area contributed by atoms with Crippen LogP contribution in [0.2, 0.25) is 0 Å². The first kappa shape index (κ1) is 39.7. The summed E-state index contributed by atoms with van der Waals surface area (Å²) in [4.78, 5) is 67.8. The SMILES string of the molecule is O=C(O)c1ccc(-c2c3nc(c(-c4ccc(C(=O)O)cc4)c4ccc([n-]4)c(-c4ccc(C(=O)O)cc4)c4nc(c(-c5ccc(C(=O)O)cc5)c5ccc2[n-]5)C=C4)C=C3)cc1.[Cu]. The van der Waals surface area contributed by atoms with E-state index in [1.165, 1.54) is 48.5 Å². The third-order valence-electron chi connectivity index (χ3n) is 10.3. The molecule has 61 heavy (non-hydrogen) atoms. The molecule has 0 saturated heterocycles. The summed E-state index contributed by atoms with van der Waals surface area (Å²) in [5.74, 6) is -4.30. The Balaban J connectivity index is 0.00000514. The Kier molecular flexibility index (Phi) is 10.4. The van der Waals surface area contributed by atoms with Crippen molar-refractivity contribution >= 4 is 70.2 Å². The number of hydrogen-bond acceptors (Lipinski definition) is 6. The number of carboxylic acid groups (broad SMARTS) is 4. The van der Waals surface area contributed by atoms with Gasteiger partial charge in [-0.1, -0.05) is 72.8 Å². The predicted molar refractivity (Wildman–Crippen MR) is 226 cm³/mol. The molecule has 4 N–H and O–H groups in total. The predicted octanol–water partition coefficient (Wildman–Crippen LogP) is 9.37. The van der Waals surface area contributed by atoms with Gasteiger partial charge in [0, 0.05) is 17.1 Å². The zero-order chi connectivity index (χ0) is 41.7. The van der Waals surface area contributed by atoms with Crippen molar-refractivity contribution in [3.63, 3.8) is 0 Å². The van der Waals surface area contributed by atoms with Crippen LogP contribution in [0, 0.1) is 0 Å². The van der Waals surface area contributed by atoms with Crippen LogP contribution in [0.25, 0.3) is 90.9 Å². The average molecular weight is 852 g/mol. The average Bonchev–Trinajstić information content (AvgIpc) is 4.10. The van der Waals surface area contributed by atoms with Gasteiger partial charge in [0.05, 0.1) is 45.0 Å². The van der Waals surface area contributed by atoms with E-state index in [0.29, 0.717) is 89.4 Å². The van der Waals surface area contributed by atoms with Crippen LogP contribution in [-0.2, 0) is 17.1 Å². The molecule has 3 aromatic heterocycles. The monoisotopic (exact) mass is 851 g/mol. The Hall–Kier alpha value is -8.12. The van der Waals surface area contributed by atoms with Gasteiger partial charge in [-0.25, -0.2) is 29.1 Å². The standard InChI is InChI=1S/C48H30N4O8.Cu/c53-45(54)29-9-1-25(2-10-29)41-33-17-19-35(49-33)42(26-3-11-30(12-4-26)46(55)56)37-21-23-39(51-37)44(28-7-15-32(16-8-28)48(59)60)40-24-22-38(52-40)43(36-20-18-34(41)50-36)27-5-13-31(14-6-27)47(57)58;/h1-24H,(H6,49,50,51,52,53,54,55,56,57,58,59,60);/p-2. The Morgan fingerprint density at radius 2 is 0.525 bits per heavy atom. The molecule has 2 aliphatic heterocycles. The van der Waals surface area contributed by atoms with Crippen LogP contribution in [0.15, 0.2) is 121 Å². The first-order valence-electron chi connectivity index (χ1n) is 18.4. The summed E-state index contributed by atoms with van der Waals surface area (Å²) in [6, 6.07) is 33.0. The molecule has 0 atom stereocenters. The van der Waals surface area contributed by atoms with E-state index in [1.807, 2.05) is 48.6 Å². The van der Waals surface area contributed by atoms with Crippen LogP contribution >= 0.6 is 0 Å². The van der Waals surface area contributed by atoms with E-state index in [4.69, 9.17) is 19.9 Å². The normalized spacial score (nSPS) is 11.5. The molecule has 7 aromatic rings. The number of fused-ring (bicyclic) bond motifs is 8. The van der Waals surface area contributed by atoms with Crippen molar-refractivity contribution in [2.24, 2.45) is 0 Å². The first-order valence-corrected chi connectivity index (χ1v) is 18.4. The van der Waals surface area contributed by atoms with E-state index in [0.717, 1.165) is 0 Å². The molecule has 1 radical (unpaired) electrons. The van der Waals surface area contributed by atoms with Gasteiger partial charge in [0.25, 0.3) is 0 Å². The Labute approximate surface area is 356 Å². The molecule has 301 valence electrons. The van der Waals surface area contributed by atoms with Gasteiger partial charge in [0.2, 0.25) is 0 Å². The number of rotatable bonds is 8. The van der Waals surface area contributed by atoms with Crippen molar-refractivity contribution in [1.29, 1.82) is 0 Å². The molecule has 0 spiro atoms. The fraction of sp³-hybridized carbons (Fsp3) is 0. The smallest absolute Gasteiger partial charge is 0.335 e. The molecule has 9 rings (SSSR count). The fourth-order valence-corrected chi connectivity index (χ4v) is 7.39. The second kappa shape index (κ2) is 15.9. The van der Waals surface area contributed by atoms with Crippen molar-refractivity contribution in [3.05, 3.63) is 166 Å². The summed E-state index contributed by atoms with van der Waals surface area (Å²) in [5.41, 5.74) is 9.53. The molecule has 2 aliphatic rings. The Morgan fingerprint density at radius 1 is 0.328 bits per heavy atom. The van der Waals surface area contributed by atoms with E-state index >= 15 is 0 Å². The first-order chi connectivity index (χ1) is 29.0.